The molecule has 1 atom stereocenters. The lowest BCUT2D eigenvalue weighted by Gasteiger charge is -2.15. The number of hydrogen-bond acceptors (Lipinski definition) is 2. The van der Waals surface area contributed by atoms with Gasteiger partial charge in [0.2, 0.25) is 0 Å². The number of benzene rings is 1. The van der Waals surface area contributed by atoms with Crippen LogP contribution in [-0.2, 0) is 16.3 Å². The third-order valence-corrected chi connectivity index (χ3v) is 6.20. The Kier molecular flexibility index (Phi) is 7.08. The van der Waals surface area contributed by atoms with Crippen LogP contribution in [0.1, 0.15) is 30.9 Å². The normalized spacial score (nSPS) is 13.4. The van der Waals surface area contributed by atoms with Gasteiger partial charge in [0.15, 0.2) is 0 Å². The molecule has 4 heteroatoms. The topological polar surface area (TPSA) is 34.1 Å². The van der Waals surface area contributed by atoms with Gasteiger partial charge in [0.25, 0.3) is 0 Å². The minimum absolute atomic E-state index is 0.254. The number of sulfone groups is 1. The summed E-state index contributed by atoms with van der Waals surface area (Å²) in [4.78, 5) is 0. The molecule has 0 amide bonds. The largest absolute Gasteiger partial charge is 0.229 e. The monoisotopic (exact) mass is 346 g/mol. The Hall–Kier alpha value is -0.350. The molecule has 1 unspecified atom stereocenters. The smallest absolute Gasteiger partial charge is 0.150 e. The van der Waals surface area contributed by atoms with Crippen molar-refractivity contribution in [3.05, 3.63) is 35.4 Å². The maximum Gasteiger partial charge on any atom is 0.150 e. The predicted octanol–water partition coefficient (Wildman–Crippen LogP) is 3.76. The molecule has 0 spiro atoms. The first kappa shape index (κ1) is 16.7. The molecule has 0 saturated carbocycles. The van der Waals surface area contributed by atoms with E-state index in [4.69, 9.17) is 0 Å². The molecule has 19 heavy (non-hydrogen) atoms. The van der Waals surface area contributed by atoms with E-state index >= 15 is 0 Å². The first-order chi connectivity index (χ1) is 8.98. The van der Waals surface area contributed by atoms with E-state index in [-0.39, 0.29) is 5.75 Å². The van der Waals surface area contributed by atoms with Crippen LogP contribution in [0.5, 0.6) is 0 Å². The van der Waals surface area contributed by atoms with Gasteiger partial charge in [0, 0.05) is 11.1 Å². The van der Waals surface area contributed by atoms with E-state index in [1.54, 1.807) is 6.92 Å². The predicted molar refractivity (Wildman–Crippen MR) is 85.7 cm³/mol. The number of aryl methyl sites for hydroxylation is 1. The molecular formula is C15H23BrO2S. The second kappa shape index (κ2) is 8.05. The first-order valence-corrected chi connectivity index (χ1v) is 9.73. The Bertz CT molecular complexity index is 483. The van der Waals surface area contributed by atoms with Crippen LogP contribution in [0, 0.1) is 12.8 Å². The van der Waals surface area contributed by atoms with Gasteiger partial charge in [0.05, 0.1) is 5.75 Å². The third-order valence-electron chi connectivity index (χ3n) is 3.50. The Balaban J connectivity index is 2.49. The average molecular weight is 347 g/mol. The van der Waals surface area contributed by atoms with Crippen molar-refractivity contribution in [3.63, 3.8) is 0 Å². The van der Waals surface area contributed by atoms with E-state index in [1.165, 1.54) is 11.1 Å². The highest BCUT2D eigenvalue weighted by Crippen LogP contribution is 2.19. The lowest BCUT2D eigenvalue weighted by atomic mass is 9.94. The second-order valence-electron chi connectivity index (χ2n) is 5.03. The molecule has 2 nitrogen and oxygen atoms in total. The molecule has 0 saturated heterocycles. The first-order valence-electron chi connectivity index (χ1n) is 6.79. The summed E-state index contributed by atoms with van der Waals surface area (Å²) in [5.74, 6) is 1.08. The van der Waals surface area contributed by atoms with E-state index in [0.29, 0.717) is 11.7 Å². The molecule has 0 bridgehead atoms. The van der Waals surface area contributed by atoms with Crippen molar-refractivity contribution in [2.75, 3.05) is 16.8 Å². The zero-order valence-corrected chi connectivity index (χ0v) is 14.1. The van der Waals surface area contributed by atoms with Gasteiger partial charge in [-0.1, -0.05) is 47.1 Å². The van der Waals surface area contributed by atoms with Gasteiger partial charge < -0.3 is 0 Å². The molecule has 0 fully saturated rings. The van der Waals surface area contributed by atoms with E-state index in [1.807, 2.05) is 0 Å². The van der Waals surface area contributed by atoms with Gasteiger partial charge in [-0.2, -0.15) is 0 Å². The summed E-state index contributed by atoms with van der Waals surface area (Å²) in [6.45, 7) is 3.84. The van der Waals surface area contributed by atoms with Gasteiger partial charge in [-0.05, 0) is 43.2 Å². The summed E-state index contributed by atoms with van der Waals surface area (Å²) in [5.41, 5.74) is 2.68. The third kappa shape index (κ3) is 6.09. The Labute approximate surface area is 125 Å². The Morgan fingerprint density at radius 1 is 1.26 bits per heavy atom. The molecule has 1 rings (SSSR count). The Morgan fingerprint density at radius 3 is 2.53 bits per heavy atom. The van der Waals surface area contributed by atoms with Crippen LogP contribution in [0.25, 0.3) is 0 Å². The van der Waals surface area contributed by atoms with E-state index < -0.39 is 9.84 Å². The lowest BCUT2D eigenvalue weighted by Crippen LogP contribution is -2.13. The van der Waals surface area contributed by atoms with Crippen molar-refractivity contribution < 1.29 is 8.42 Å². The summed E-state index contributed by atoms with van der Waals surface area (Å²) in [7, 11) is -2.82. The summed E-state index contributed by atoms with van der Waals surface area (Å²) in [6.07, 6.45) is 2.74. The molecule has 1 aromatic rings. The minimum Gasteiger partial charge on any atom is -0.229 e. The van der Waals surface area contributed by atoms with Crippen LogP contribution >= 0.6 is 15.9 Å². The van der Waals surface area contributed by atoms with Crippen molar-refractivity contribution in [1.29, 1.82) is 0 Å². The average Bonchev–Trinajstić information content (AvgIpc) is 2.39. The zero-order valence-electron chi connectivity index (χ0n) is 11.7. The fraction of sp³-hybridized carbons (Fsp3) is 0.600. The van der Waals surface area contributed by atoms with Crippen LogP contribution in [0.3, 0.4) is 0 Å². The maximum atomic E-state index is 11.5. The summed E-state index contributed by atoms with van der Waals surface area (Å²) in [5, 5.41) is 0.924. The van der Waals surface area contributed by atoms with E-state index in [2.05, 4.69) is 47.1 Å². The van der Waals surface area contributed by atoms with Crippen molar-refractivity contribution in [2.45, 2.75) is 33.1 Å². The van der Waals surface area contributed by atoms with Crippen LogP contribution in [0.2, 0.25) is 0 Å². The second-order valence-corrected chi connectivity index (χ2v) is 8.15. The lowest BCUT2D eigenvalue weighted by molar-refractivity contribution is 0.527. The minimum atomic E-state index is -2.82. The number of rotatable bonds is 8. The summed E-state index contributed by atoms with van der Waals surface area (Å²) < 4.78 is 22.9. The number of alkyl halides is 1. The molecule has 0 aromatic heterocycles. The molecule has 0 aliphatic rings. The van der Waals surface area contributed by atoms with Gasteiger partial charge >= 0.3 is 0 Å². The molecule has 0 aliphatic carbocycles. The molecule has 0 heterocycles. The van der Waals surface area contributed by atoms with Gasteiger partial charge in [-0.15, -0.1) is 0 Å². The van der Waals surface area contributed by atoms with E-state index in [9.17, 15) is 8.42 Å². The van der Waals surface area contributed by atoms with Gasteiger partial charge in [-0.25, -0.2) is 8.42 Å². The van der Waals surface area contributed by atoms with Crippen LogP contribution in [0.15, 0.2) is 24.3 Å². The maximum absolute atomic E-state index is 11.5. The molecule has 0 N–H and O–H groups in total. The van der Waals surface area contributed by atoms with Crippen LogP contribution in [0.4, 0.5) is 0 Å². The highest BCUT2D eigenvalue weighted by molar-refractivity contribution is 9.09. The van der Waals surface area contributed by atoms with Crippen molar-refractivity contribution >= 4 is 25.8 Å². The van der Waals surface area contributed by atoms with Crippen molar-refractivity contribution in [3.8, 4) is 0 Å². The highest BCUT2D eigenvalue weighted by atomic mass is 79.9. The fourth-order valence-corrected chi connectivity index (χ4v) is 3.57. The molecule has 0 aliphatic heterocycles. The molecule has 1 aromatic carbocycles. The quantitative estimate of drug-likeness (QED) is 0.671. The van der Waals surface area contributed by atoms with Crippen LogP contribution in [-0.4, -0.2) is 25.3 Å². The van der Waals surface area contributed by atoms with Crippen molar-refractivity contribution in [2.24, 2.45) is 5.92 Å². The highest BCUT2D eigenvalue weighted by Gasteiger charge is 2.12. The SMILES string of the molecule is CCS(=O)(=O)CCCC(CBr)Cc1ccccc1C. The number of hydrogen-bond donors (Lipinski definition) is 0. The summed E-state index contributed by atoms with van der Waals surface area (Å²) >= 11 is 3.55. The van der Waals surface area contributed by atoms with E-state index in [0.717, 1.165) is 24.6 Å². The van der Waals surface area contributed by atoms with Crippen LogP contribution < -0.4 is 0 Å². The Morgan fingerprint density at radius 2 is 1.95 bits per heavy atom. The van der Waals surface area contributed by atoms with Gasteiger partial charge in [0.1, 0.15) is 9.84 Å². The fourth-order valence-electron chi connectivity index (χ4n) is 2.12. The number of halogens is 1. The summed E-state index contributed by atoms with van der Waals surface area (Å²) in [6, 6.07) is 8.40. The zero-order chi connectivity index (χ0) is 14.3. The molecule has 0 radical (unpaired) electrons. The van der Waals surface area contributed by atoms with Crippen molar-refractivity contribution in [1.82, 2.24) is 0 Å². The standard InChI is InChI=1S/C15H23BrO2S/c1-3-19(17,18)10-6-8-14(12-16)11-15-9-5-4-7-13(15)2/h4-5,7,9,14H,3,6,8,10-12H2,1-2H3. The van der Waals surface area contributed by atoms with Gasteiger partial charge in [-0.3, -0.25) is 0 Å². The molecular weight excluding hydrogens is 324 g/mol. The molecule has 108 valence electrons.